The second kappa shape index (κ2) is 10.8. The minimum absolute atomic E-state index is 0.0567. The fourth-order valence-electron chi connectivity index (χ4n) is 3.35. The maximum atomic E-state index is 12.5. The summed E-state index contributed by atoms with van der Waals surface area (Å²) in [6.07, 6.45) is 0.925. The fraction of sp³-hybridized carbons (Fsp3) is 0.417. The number of nitrogens with one attached hydrogen (secondary N) is 3. The lowest BCUT2D eigenvalue weighted by Crippen LogP contribution is -2.46. The summed E-state index contributed by atoms with van der Waals surface area (Å²) in [5, 5.41) is 9.04. The molecule has 0 spiro atoms. The standard InChI is InChI=1S/C24H33N3O2/c1-16(2)14-21(20-12-7-6-8-13-20)26-19(5)24(29)25-15-22(28)27-23-17(3)10-9-11-18(23)4/h6-13,16,19,21,26H,14-15H2,1-5H3,(H,25,29)(H,27,28)/t19-,21+/m1/s1. The zero-order valence-electron chi connectivity index (χ0n) is 18.1. The summed E-state index contributed by atoms with van der Waals surface area (Å²) in [5.41, 5.74) is 3.96. The number of anilines is 1. The molecule has 2 aromatic rings. The van der Waals surface area contributed by atoms with E-state index >= 15 is 0 Å². The molecule has 0 aliphatic carbocycles. The van der Waals surface area contributed by atoms with Crippen LogP contribution in [0.1, 0.15) is 49.9 Å². The van der Waals surface area contributed by atoms with Gasteiger partial charge in [-0.3, -0.25) is 14.9 Å². The zero-order chi connectivity index (χ0) is 21.4. The Bertz CT molecular complexity index is 798. The van der Waals surface area contributed by atoms with Crippen molar-refractivity contribution in [3.8, 4) is 0 Å². The number of hydrogen-bond donors (Lipinski definition) is 3. The lowest BCUT2D eigenvalue weighted by molar-refractivity contribution is -0.125. The summed E-state index contributed by atoms with van der Waals surface area (Å²) >= 11 is 0. The molecule has 2 atom stereocenters. The largest absolute Gasteiger partial charge is 0.346 e. The normalized spacial score (nSPS) is 13.0. The van der Waals surface area contributed by atoms with E-state index in [0.29, 0.717) is 5.92 Å². The second-order valence-electron chi connectivity index (χ2n) is 8.01. The van der Waals surface area contributed by atoms with Crippen LogP contribution in [-0.4, -0.2) is 24.4 Å². The monoisotopic (exact) mass is 395 g/mol. The van der Waals surface area contributed by atoms with E-state index in [1.165, 1.54) is 0 Å². The number of rotatable bonds is 9. The molecule has 2 rings (SSSR count). The van der Waals surface area contributed by atoms with Gasteiger partial charge < -0.3 is 10.6 Å². The number of amides is 2. The Morgan fingerprint density at radius 3 is 2.10 bits per heavy atom. The Morgan fingerprint density at radius 1 is 0.897 bits per heavy atom. The Kier molecular flexibility index (Phi) is 8.40. The molecule has 0 unspecified atom stereocenters. The number of aryl methyl sites for hydroxylation is 2. The molecule has 0 bridgehead atoms. The van der Waals surface area contributed by atoms with Gasteiger partial charge in [0.05, 0.1) is 12.6 Å². The van der Waals surface area contributed by atoms with Crippen LogP contribution in [0.15, 0.2) is 48.5 Å². The first kappa shape index (κ1) is 22.6. The summed E-state index contributed by atoms with van der Waals surface area (Å²) in [6.45, 7) is 10.0. The lowest BCUT2D eigenvalue weighted by atomic mass is 9.96. The molecule has 0 saturated carbocycles. The summed E-state index contributed by atoms with van der Waals surface area (Å²) in [4.78, 5) is 24.8. The Labute approximate surface area is 174 Å². The third kappa shape index (κ3) is 7.02. The average Bonchev–Trinajstić information content (AvgIpc) is 2.68. The number of hydrogen-bond acceptors (Lipinski definition) is 3. The van der Waals surface area contributed by atoms with E-state index in [1.54, 1.807) is 0 Å². The second-order valence-corrected chi connectivity index (χ2v) is 8.01. The van der Waals surface area contributed by atoms with E-state index in [4.69, 9.17) is 0 Å². The molecule has 5 heteroatoms. The minimum Gasteiger partial charge on any atom is -0.346 e. The van der Waals surface area contributed by atoms with Crippen molar-refractivity contribution >= 4 is 17.5 Å². The van der Waals surface area contributed by atoms with Crippen LogP contribution in [0.3, 0.4) is 0 Å². The number of carbonyl (C=O) groups excluding carboxylic acids is 2. The maximum Gasteiger partial charge on any atom is 0.243 e. The molecular weight excluding hydrogens is 362 g/mol. The molecule has 0 aliphatic rings. The van der Waals surface area contributed by atoms with E-state index in [1.807, 2.05) is 57.2 Å². The van der Waals surface area contributed by atoms with Gasteiger partial charge in [-0.25, -0.2) is 0 Å². The van der Waals surface area contributed by atoms with Crippen LogP contribution in [0.2, 0.25) is 0 Å². The van der Waals surface area contributed by atoms with Crippen molar-refractivity contribution in [3.63, 3.8) is 0 Å². The smallest absolute Gasteiger partial charge is 0.243 e. The molecule has 0 fully saturated rings. The molecule has 0 radical (unpaired) electrons. The Balaban J connectivity index is 1.91. The molecule has 2 amide bonds. The van der Waals surface area contributed by atoms with Crippen molar-refractivity contribution in [2.24, 2.45) is 5.92 Å². The van der Waals surface area contributed by atoms with Gasteiger partial charge in [-0.2, -0.15) is 0 Å². The molecule has 0 heterocycles. The summed E-state index contributed by atoms with van der Waals surface area (Å²) in [7, 11) is 0. The van der Waals surface area contributed by atoms with E-state index in [-0.39, 0.29) is 24.4 Å². The van der Waals surface area contributed by atoms with Crippen molar-refractivity contribution in [2.45, 2.75) is 53.1 Å². The van der Waals surface area contributed by atoms with Gasteiger partial charge in [0.1, 0.15) is 0 Å². The van der Waals surface area contributed by atoms with Gasteiger partial charge in [-0.05, 0) is 49.8 Å². The van der Waals surface area contributed by atoms with Crippen LogP contribution in [0, 0.1) is 19.8 Å². The predicted octanol–water partition coefficient (Wildman–Crippen LogP) is 4.12. The molecule has 0 aliphatic heterocycles. The van der Waals surface area contributed by atoms with Crippen molar-refractivity contribution in [3.05, 3.63) is 65.2 Å². The van der Waals surface area contributed by atoms with Crippen molar-refractivity contribution < 1.29 is 9.59 Å². The molecule has 29 heavy (non-hydrogen) atoms. The van der Waals surface area contributed by atoms with Crippen molar-refractivity contribution in [2.75, 3.05) is 11.9 Å². The minimum atomic E-state index is -0.410. The first-order chi connectivity index (χ1) is 13.8. The zero-order valence-corrected chi connectivity index (χ0v) is 18.1. The summed E-state index contributed by atoms with van der Waals surface area (Å²) in [6, 6.07) is 15.7. The first-order valence-corrected chi connectivity index (χ1v) is 10.2. The van der Waals surface area contributed by atoms with Gasteiger partial charge in [0.2, 0.25) is 11.8 Å². The van der Waals surface area contributed by atoms with Gasteiger partial charge in [0.15, 0.2) is 0 Å². The molecular formula is C24H33N3O2. The topological polar surface area (TPSA) is 70.2 Å². The van der Waals surface area contributed by atoms with Gasteiger partial charge >= 0.3 is 0 Å². The Morgan fingerprint density at radius 2 is 1.52 bits per heavy atom. The quantitative estimate of drug-likeness (QED) is 0.598. The van der Waals surface area contributed by atoms with Gasteiger partial charge in [-0.15, -0.1) is 0 Å². The number of para-hydroxylation sites is 1. The van der Waals surface area contributed by atoms with Gasteiger partial charge in [0, 0.05) is 11.7 Å². The lowest BCUT2D eigenvalue weighted by Gasteiger charge is -2.25. The van der Waals surface area contributed by atoms with Crippen molar-refractivity contribution in [1.29, 1.82) is 0 Å². The average molecular weight is 396 g/mol. The first-order valence-electron chi connectivity index (χ1n) is 10.2. The third-order valence-corrected chi connectivity index (χ3v) is 4.92. The van der Waals surface area contributed by atoms with E-state index in [2.05, 4.69) is 41.9 Å². The fourth-order valence-corrected chi connectivity index (χ4v) is 3.35. The SMILES string of the molecule is Cc1cccc(C)c1NC(=O)CNC(=O)[C@@H](C)N[C@@H](CC(C)C)c1ccccc1. The summed E-state index contributed by atoms with van der Waals surface area (Å²) < 4.78 is 0. The van der Waals surface area contributed by atoms with Crippen LogP contribution in [0.5, 0.6) is 0 Å². The molecule has 0 saturated heterocycles. The number of carbonyl (C=O) groups is 2. The van der Waals surface area contributed by atoms with Crippen molar-refractivity contribution in [1.82, 2.24) is 10.6 Å². The van der Waals surface area contributed by atoms with E-state index in [0.717, 1.165) is 28.8 Å². The number of benzene rings is 2. The van der Waals surface area contributed by atoms with Crippen LogP contribution in [-0.2, 0) is 9.59 Å². The molecule has 3 N–H and O–H groups in total. The highest BCUT2D eigenvalue weighted by molar-refractivity contribution is 5.96. The van der Waals surface area contributed by atoms with Crippen LogP contribution in [0.4, 0.5) is 5.69 Å². The molecule has 5 nitrogen and oxygen atoms in total. The predicted molar refractivity (Wildman–Crippen MR) is 119 cm³/mol. The maximum absolute atomic E-state index is 12.5. The molecule has 156 valence electrons. The molecule has 0 aromatic heterocycles. The highest BCUT2D eigenvalue weighted by atomic mass is 16.2. The van der Waals surface area contributed by atoms with Gasteiger partial charge in [-0.1, -0.05) is 62.4 Å². The van der Waals surface area contributed by atoms with Crippen LogP contribution >= 0.6 is 0 Å². The highest BCUT2D eigenvalue weighted by Crippen LogP contribution is 2.22. The molecule has 2 aromatic carbocycles. The van der Waals surface area contributed by atoms with Crippen LogP contribution in [0.25, 0.3) is 0 Å². The van der Waals surface area contributed by atoms with E-state index < -0.39 is 6.04 Å². The van der Waals surface area contributed by atoms with Gasteiger partial charge in [0.25, 0.3) is 0 Å². The Hall–Kier alpha value is -2.66. The highest BCUT2D eigenvalue weighted by Gasteiger charge is 2.20. The van der Waals surface area contributed by atoms with Crippen LogP contribution < -0.4 is 16.0 Å². The van der Waals surface area contributed by atoms with E-state index in [9.17, 15) is 9.59 Å². The third-order valence-electron chi connectivity index (χ3n) is 4.92. The summed E-state index contributed by atoms with van der Waals surface area (Å²) in [5.74, 6) is 0.0715.